The first-order chi connectivity index (χ1) is 14.5. The molecule has 162 valence electrons. The number of benzene rings is 1. The molecule has 1 aromatic carbocycles. The van der Waals surface area contributed by atoms with E-state index in [1.807, 2.05) is 6.07 Å². The van der Waals surface area contributed by atoms with Crippen molar-refractivity contribution in [1.29, 1.82) is 5.26 Å². The van der Waals surface area contributed by atoms with Gasteiger partial charge in [0.1, 0.15) is 35.6 Å². The van der Waals surface area contributed by atoms with Crippen LogP contribution in [0.2, 0.25) is 5.02 Å². The van der Waals surface area contributed by atoms with Crippen LogP contribution in [0.4, 0.5) is 23.2 Å². The molecule has 3 N–H and O–H groups in total. The van der Waals surface area contributed by atoms with Gasteiger partial charge in [0.05, 0.1) is 10.6 Å². The Morgan fingerprint density at radius 2 is 2.13 bits per heavy atom. The first-order valence-electron chi connectivity index (χ1n) is 8.65. The average Bonchev–Trinajstić information content (AvgIpc) is 2.67. The highest BCUT2D eigenvalue weighted by molar-refractivity contribution is 6.34. The molecule has 1 aliphatic heterocycles. The average molecular weight is 456 g/mol. The summed E-state index contributed by atoms with van der Waals surface area (Å²) in [5, 5.41) is 11.1. The zero-order valence-electron chi connectivity index (χ0n) is 15.8. The van der Waals surface area contributed by atoms with Crippen LogP contribution in [-0.2, 0) is 10.3 Å². The summed E-state index contributed by atoms with van der Waals surface area (Å²) in [5.74, 6) is -2.04. The minimum absolute atomic E-state index is 0.0369. The van der Waals surface area contributed by atoms with Crippen LogP contribution in [0, 0.1) is 17.1 Å². The van der Waals surface area contributed by atoms with E-state index in [2.05, 4.69) is 15.3 Å². The zero-order chi connectivity index (χ0) is 23.0. The minimum Gasteiger partial charge on any atom is -0.386 e. The van der Waals surface area contributed by atoms with E-state index in [1.165, 1.54) is 6.07 Å². The summed E-state index contributed by atoms with van der Waals surface area (Å²) in [6.45, 7) is 0.487. The number of amides is 1. The third-order valence-electron chi connectivity index (χ3n) is 4.54. The number of aromatic nitrogens is 1. The molecular weight excluding hydrogens is 442 g/mol. The summed E-state index contributed by atoms with van der Waals surface area (Å²) in [7, 11) is 0. The summed E-state index contributed by atoms with van der Waals surface area (Å²) < 4.78 is 60.0. The number of amidine groups is 1. The Morgan fingerprint density at radius 3 is 2.74 bits per heavy atom. The zero-order valence-corrected chi connectivity index (χ0v) is 16.6. The van der Waals surface area contributed by atoms with Gasteiger partial charge in [0.25, 0.3) is 5.91 Å². The van der Waals surface area contributed by atoms with Crippen molar-refractivity contribution in [3.63, 3.8) is 0 Å². The summed E-state index contributed by atoms with van der Waals surface area (Å²) in [4.78, 5) is 20.1. The Balaban J connectivity index is 1.99. The summed E-state index contributed by atoms with van der Waals surface area (Å²) >= 11 is 5.95. The van der Waals surface area contributed by atoms with Gasteiger partial charge in [-0.15, -0.1) is 0 Å². The smallest absolute Gasteiger partial charge is 0.386 e. The molecule has 1 amide bonds. The molecule has 2 aromatic rings. The molecule has 12 heteroatoms. The molecular formula is C19H14ClF4N5O2. The molecule has 7 nitrogen and oxygen atoms in total. The van der Waals surface area contributed by atoms with E-state index in [4.69, 9.17) is 27.3 Å². The lowest BCUT2D eigenvalue weighted by atomic mass is 9.84. The monoisotopic (exact) mass is 455 g/mol. The van der Waals surface area contributed by atoms with E-state index < -0.39 is 41.7 Å². The summed E-state index contributed by atoms with van der Waals surface area (Å²) in [6, 6.07) is 6.08. The maximum absolute atomic E-state index is 14.6. The molecule has 0 bridgehead atoms. The van der Waals surface area contributed by atoms with Crippen molar-refractivity contribution in [3.8, 4) is 6.07 Å². The van der Waals surface area contributed by atoms with Crippen molar-refractivity contribution in [2.45, 2.75) is 24.7 Å². The SMILES string of the molecule is C[C@]1(c2cc(NC(=O)c3ncc(C#N)cc3Cl)ccc2F)N=C(N)CO[C@H]1C(F)(F)F. The molecule has 0 fully saturated rings. The molecule has 0 aliphatic carbocycles. The van der Waals surface area contributed by atoms with E-state index in [1.54, 1.807) is 0 Å². The third kappa shape index (κ3) is 4.45. The molecule has 31 heavy (non-hydrogen) atoms. The molecule has 0 unspecified atom stereocenters. The van der Waals surface area contributed by atoms with Crippen LogP contribution >= 0.6 is 11.6 Å². The number of halogens is 5. The lowest BCUT2D eigenvalue weighted by Crippen LogP contribution is -2.53. The van der Waals surface area contributed by atoms with E-state index in [0.29, 0.717) is 0 Å². The van der Waals surface area contributed by atoms with Crippen LogP contribution in [0.1, 0.15) is 28.5 Å². The maximum Gasteiger partial charge on any atom is 0.417 e. The summed E-state index contributed by atoms with van der Waals surface area (Å²) in [5.41, 5.74) is 2.72. The number of nitrogens with two attached hydrogens (primary N) is 1. The van der Waals surface area contributed by atoms with Gasteiger partial charge < -0.3 is 15.8 Å². The Labute approximate surface area is 178 Å². The number of nitrogens with zero attached hydrogens (tertiary/aromatic N) is 3. The molecule has 0 saturated carbocycles. The van der Waals surface area contributed by atoms with Crippen LogP contribution in [0.15, 0.2) is 35.5 Å². The Morgan fingerprint density at radius 1 is 1.42 bits per heavy atom. The van der Waals surface area contributed by atoms with Crippen molar-refractivity contribution in [1.82, 2.24) is 4.98 Å². The van der Waals surface area contributed by atoms with Gasteiger partial charge >= 0.3 is 6.18 Å². The highest BCUT2D eigenvalue weighted by Gasteiger charge is 2.56. The molecule has 0 radical (unpaired) electrons. The van der Waals surface area contributed by atoms with E-state index in [9.17, 15) is 22.4 Å². The largest absolute Gasteiger partial charge is 0.417 e. The van der Waals surface area contributed by atoms with Crippen LogP contribution in [0.3, 0.4) is 0 Å². The second-order valence-corrected chi connectivity index (χ2v) is 7.21. The molecule has 3 rings (SSSR count). The van der Waals surface area contributed by atoms with Crippen molar-refractivity contribution >= 4 is 29.0 Å². The fourth-order valence-corrected chi connectivity index (χ4v) is 3.43. The van der Waals surface area contributed by atoms with Crippen molar-refractivity contribution in [2.75, 3.05) is 11.9 Å². The number of aliphatic imine (C=N–C) groups is 1. The second-order valence-electron chi connectivity index (χ2n) is 6.80. The Bertz CT molecular complexity index is 1120. The van der Waals surface area contributed by atoms with Gasteiger partial charge in [-0.25, -0.2) is 9.37 Å². The third-order valence-corrected chi connectivity index (χ3v) is 4.82. The quantitative estimate of drug-likeness (QED) is 0.687. The normalized spacial score (nSPS) is 21.2. The van der Waals surface area contributed by atoms with E-state index in [0.717, 1.165) is 31.3 Å². The van der Waals surface area contributed by atoms with Gasteiger partial charge in [-0.2, -0.15) is 18.4 Å². The lowest BCUT2D eigenvalue weighted by molar-refractivity contribution is -0.238. The second kappa shape index (κ2) is 8.13. The number of alkyl halides is 3. The first kappa shape index (κ1) is 22.5. The van der Waals surface area contributed by atoms with Crippen LogP contribution < -0.4 is 11.1 Å². The molecule has 0 spiro atoms. The number of pyridine rings is 1. The number of nitriles is 1. The number of carbonyl (C=O) groups is 1. The van der Waals surface area contributed by atoms with E-state index >= 15 is 0 Å². The molecule has 2 heterocycles. The van der Waals surface area contributed by atoms with Gasteiger partial charge in [-0.1, -0.05) is 11.6 Å². The number of anilines is 1. The number of hydrogen-bond acceptors (Lipinski definition) is 6. The highest BCUT2D eigenvalue weighted by Crippen LogP contribution is 2.43. The number of rotatable bonds is 3. The number of hydrogen-bond donors (Lipinski definition) is 2. The number of carbonyl (C=O) groups excluding carboxylic acids is 1. The minimum atomic E-state index is -4.86. The van der Waals surface area contributed by atoms with Crippen LogP contribution in [0.25, 0.3) is 0 Å². The number of ether oxygens (including phenoxy) is 1. The van der Waals surface area contributed by atoms with Crippen LogP contribution in [-0.4, -0.2) is 35.6 Å². The van der Waals surface area contributed by atoms with Crippen molar-refractivity contribution in [2.24, 2.45) is 10.7 Å². The molecule has 1 aliphatic rings. The summed E-state index contributed by atoms with van der Waals surface area (Å²) in [6.07, 6.45) is -6.19. The highest BCUT2D eigenvalue weighted by atomic mass is 35.5. The van der Waals surface area contributed by atoms with E-state index in [-0.39, 0.29) is 27.8 Å². The lowest BCUT2D eigenvalue weighted by Gasteiger charge is -2.39. The molecule has 0 saturated heterocycles. The first-order valence-corrected chi connectivity index (χ1v) is 9.03. The predicted octanol–water partition coefficient (Wildman–Crippen LogP) is 3.53. The van der Waals surface area contributed by atoms with Gasteiger partial charge in [-0.05, 0) is 31.2 Å². The maximum atomic E-state index is 14.6. The van der Waals surface area contributed by atoms with Crippen molar-refractivity contribution < 1.29 is 27.1 Å². The Kier molecular flexibility index (Phi) is 5.89. The molecule has 1 aromatic heterocycles. The standard InChI is InChI=1S/C19H14ClF4N5O2/c1-18(17(19(22,23)24)31-8-14(26)29-18)11-5-10(2-3-13(11)21)28-16(30)15-12(20)4-9(6-25)7-27-15/h2-5,7,17H,8H2,1H3,(H2,26,29)(H,28,30)/t17-,18-/m1/s1. The molecule has 2 atom stereocenters. The van der Waals surface area contributed by atoms with Crippen molar-refractivity contribution in [3.05, 3.63) is 58.1 Å². The van der Waals surface area contributed by atoms with Gasteiger partial charge in [0, 0.05) is 17.4 Å². The Hall–Kier alpha value is -3.23. The predicted molar refractivity (Wildman–Crippen MR) is 103 cm³/mol. The fraction of sp³-hybridized carbons (Fsp3) is 0.263. The van der Waals surface area contributed by atoms with Crippen LogP contribution in [0.5, 0.6) is 0 Å². The van der Waals surface area contributed by atoms with Gasteiger partial charge in [0.15, 0.2) is 6.10 Å². The van der Waals surface area contributed by atoms with Gasteiger partial charge in [0.2, 0.25) is 0 Å². The number of nitrogens with one attached hydrogen (secondary N) is 1. The fourth-order valence-electron chi connectivity index (χ4n) is 3.18. The topological polar surface area (TPSA) is 113 Å². The van der Waals surface area contributed by atoms with Gasteiger partial charge in [-0.3, -0.25) is 9.79 Å².